The van der Waals surface area contributed by atoms with Crippen molar-refractivity contribution in [3.8, 4) is 0 Å². The molecule has 0 bridgehead atoms. The van der Waals surface area contributed by atoms with E-state index < -0.39 is 4.92 Å². The minimum absolute atomic E-state index is 0.0246. The van der Waals surface area contributed by atoms with E-state index in [9.17, 15) is 14.9 Å². The Morgan fingerprint density at radius 2 is 2.10 bits per heavy atom. The summed E-state index contributed by atoms with van der Waals surface area (Å²) in [5.74, 6) is 0.894. The standard InChI is InChI=1S/C15H20N2O3S/c1-11-10-12(17(19)20)4-5-13(11)14(18)16-7-6-15(2,3)21-9-8-16/h4-5,10H,6-9H2,1-3H3. The molecule has 1 saturated heterocycles. The van der Waals surface area contributed by atoms with Crippen molar-refractivity contribution in [3.05, 3.63) is 39.4 Å². The van der Waals surface area contributed by atoms with Gasteiger partial charge in [-0.25, -0.2) is 0 Å². The number of thioether (sulfide) groups is 1. The molecule has 1 fully saturated rings. The van der Waals surface area contributed by atoms with Crippen LogP contribution in [0, 0.1) is 17.0 Å². The number of hydrogen-bond acceptors (Lipinski definition) is 4. The van der Waals surface area contributed by atoms with Gasteiger partial charge in [0.15, 0.2) is 0 Å². The second-order valence-electron chi connectivity index (χ2n) is 5.91. The first-order chi connectivity index (χ1) is 9.80. The van der Waals surface area contributed by atoms with Gasteiger partial charge in [-0.1, -0.05) is 13.8 Å². The number of non-ortho nitro benzene ring substituents is 1. The summed E-state index contributed by atoms with van der Waals surface area (Å²) >= 11 is 1.88. The van der Waals surface area contributed by atoms with Crippen LogP contribution in [0.3, 0.4) is 0 Å². The number of nitro benzene ring substituents is 1. The largest absolute Gasteiger partial charge is 0.338 e. The Balaban J connectivity index is 2.18. The van der Waals surface area contributed by atoms with E-state index in [-0.39, 0.29) is 16.3 Å². The fourth-order valence-corrected chi connectivity index (χ4v) is 3.49. The van der Waals surface area contributed by atoms with Gasteiger partial charge in [0.1, 0.15) is 0 Å². The summed E-state index contributed by atoms with van der Waals surface area (Å²) in [6.45, 7) is 7.60. The molecule has 0 saturated carbocycles. The van der Waals surface area contributed by atoms with E-state index in [4.69, 9.17) is 0 Å². The topological polar surface area (TPSA) is 63.5 Å². The van der Waals surface area contributed by atoms with Crippen molar-refractivity contribution in [2.24, 2.45) is 0 Å². The molecule has 21 heavy (non-hydrogen) atoms. The van der Waals surface area contributed by atoms with E-state index in [0.29, 0.717) is 11.1 Å². The molecule has 0 atom stereocenters. The first-order valence-electron chi connectivity index (χ1n) is 6.98. The average Bonchev–Trinajstić information content (AvgIpc) is 2.58. The number of aryl methyl sites for hydroxylation is 1. The molecule has 1 aromatic rings. The van der Waals surface area contributed by atoms with Gasteiger partial charge in [0.25, 0.3) is 11.6 Å². The lowest BCUT2D eigenvalue weighted by atomic mass is 10.1. The van der Waals surface area contributed by atoms with Crippen molar-refractivity contribution in [1.82, 2.24) is 4.90 Å². The number of carbonyl (C=O) groups excluding carboxylic acids is 1. The average molecular weight is 308 g/mol. The summed E-state index contributed by atoms with van der Waals surface area (Å²) in [6.07, 6.45) is 0.954. The second-order valence-corrected chi connectivity index (χ2v) is 7.71. The molecular formula is C15H20N2O3S. The zero-order valence-corrected chi connectivity index (χ0v) is 13.4. The maximum atomic E-state index is 12.6. The predicted molar refractivity (Wildman–Crippen MR) is 84.9 cm³/mol. The van der Waals surface area contributed by atoms with Crippen molar-refractivity contribution in [3.63, 3.8) is 0 Å². The van der Waals surface area contributed by atoms with Gasteiger partial charge in [-0.3, -0.25) is 14.9 Å². The van der Waals surface area contributed by atoms with Gasteiger partial charge in [0.05, 0.1) is 4.92 Å². The molecule has 0 aliphatic carbocycles. The summed E-state index contributed by atoms with van der Waals surface area (Å²) < 4.78 is 0.194. The number of hydrogen-bond donors (Lipinski definition) is 0. The number of nitro groups is 1. The lowest BCUT2D eigenvalue weighted by molar-refractivity contribution is -0.384. The number of benzene rings is 1. The van der Waals surface area contributed by atoms with Crippen LogP contribution in [0.5, 0.6) is 0 Å². The molecule has 1 aromatic carbocycles. The molecule has 0 unspecified atom stereocenters. The van der Waals surface area contributed by atoms with E-state index in [2.05, 4.69) is 13.8 Å². The summed E-state index contributed by atoms with van der Waals surface area (Å²) in [4.78, 5) is 24.8. The lowest BCUT2D eigenvalue weighted by Gasteiger charge is -2.23. The highest BCUT2D eigenvalue weighted by Crippen LogP contribution is 2.31. The highest BCUT2D eigenvalue weighted by Gasteiger charge is 2.27. The normalized spacial score (nSPS) is 18.1. The van der Waals surface area contributed by atoms with Crippen LogP contribution in [0.4, 0.5) is 5.69 Å². The van der Waals surface area contributed by atoms with Crippen LogP contribution in [0.15, 0.2) is 18.2 Å². The van der Waals surface area contributed by atoms with Gasteiger partial charge in [0.2, 0.25) is 0 Å². The molecule has 6 heteroatoms. The highest BCUT2D eigenvalue weighted by atomic mass is 32.2. The van der Waals surface area contributed by atoms with E-state index in [1.165, 1.54) is 12.1 Å². The molecule has 114 valence electrons. The van der Waals surface area contributed by atoms with Crippen LogP contribution in [-0.4, -0.2) is 39.3 Å². The third-order valence-corrected chi connectivity index (χ3v) is 5.15. The monoisotopic (exact) mass is 308 g/mol. The molecule has 1 heterocycles. The zero-order chi connectivity index (χ0) is 15.6. The minimum Gasteiger partial charge on any atom is -0.338 e. The molecule has 0 aromatic heterocycles. The fourth-order valence-electron chi connectivity index (χ4n) is 2.40. The Labute approximate surface area is 128 Å². The van der Waals surface area contributed by atoms with Gasteiger partial charge >= 0.3 is 0 Å². The van der Waals surface area contributed by atoms with Crippen molar-refractivity contribution in [1.29, 1.82) is 0 Å². The van der Waals surface area contributed by atoms with E-state index in [1.54, 1.807) is 13.0 Å². The summed E-state index contributed by atoms with van der Waals surface area (Å²) in [7, 11) is 0. The minimum atomic E-state index is -0.438. The second kappa shape index (κ2) is 6.05. The molecule has 1 amide bonds. The molecule has 2 rings (SSSR count). The van der Waals surface area contributed by atoms with E-state index in [0.717, 1.165) is 25.3 Å². The van der Waals surface area contributed by atoms with Crippen LogP contribution in [-0.2, 0) is 0 Å². The fraction of sp³-hybridized carbons (Fsp3) is 0.533. The van der Waals surface area contributed by atoms with Gasteiger partial charge in [-0.15, -0.1) is 0 Å². The predicted octanol–water partition coefficient (Wildman–Crippen LogP) is 3.26. The Morgan fingerprint density at radius 3 is 2.71 bits per heavy atom. The SMILES string of the molecule is Cc1cc([N+](=O)[O-])ccc1C(=O)N1CCSC(C)(C)CC1. The summed E-state index contributed by atoms with van der Waals surface area (Å²) in [5, 5.41) is 10.8. The van der Waals surface area contributed by atoms with Gasteiger partial charge in [-0.2, -0.15) is 11.8 Å². The maximum Gasteiger partial charge on any atom is 0.269 e. The Kier molecular flexibility index (Phi) is 4.56. The third-order valence-electron chi connectivity index (χ3n) is 3.78. The van der Waals surface area contributed by atoms with Gasteiger partial charge in [-0.05, 0) is 25.0 Å². The molecule has 0 radical (unpaired) electrons. The number of carbonyl (C=O) groups is 1. The van der Waals surface area contributed by atoms with Crippen LogP contribution in [0.2, 0.25) is 0 Å². The zero-order valence-electron chi connectivity index (χ0n) is 12.6. The lowest BCUT2D eigenvalue weighted by Crippen LogP contribution is -2.34. The van der Waals surface area contributed by atoms with Crippen molar-refractivity contribution < 1.29 is 9.72 Å². The Bertz CT molecular complexity index is 572. The van der Waals surface area contributed by atoms with Gasteiger partial charge < -0.3 is 4.90 Å². The Morgan fingerprint density at radius 1 is 1.38 bits per heavy atom. The van der Waals surface area contributed by atoms with Crippen molar-refractivity contribution >= 4 is 23.4 Å². The smallest absolute Gasteiger partial charge is 0.269 e. The summed E-state index contributed by atoms with van der Waals surface area (Å²) in [6, 6.07) is 4.43. The molecule has 0 N–H and O–H groups in total. The molecule has 1 aliphatic rings. The molecule has 0 spiro atoms. The maximum absolute atomic E-state index is 12.6. The van der Waals surface area contributed by atoms with E-state index >= 15 is 0 Å². The van der Waals surface area contributed by atoms with Crippen molar-refractivity contribution in [2.75, 3.05) is 18.8 Å². The number of nitrogens with zero attached hydrogens (tertiary/aromatic N) is 2. The molecule has 1 aliphatic heterocycles. The number of rotatable bonds is 2. The van der Waals surface area contributed by atoms with Crippen LogP contribution >= 0.6 is 11.8 Å². The first-order valence-corrected chi connectivity index (χ1v) is 7.97. The van der Waals surface area contributed by atoms with Crippen LogP contribution in [0.1, 0.15) is 36.2 Å². The summed E-state index contributed by atoms with van der Waals surface area (Å²) in [5.41, 5.74) is 1.24. The van der Waals surface area contributed by atoms with Crippen molar-refractivity contribution in [2.45, 2.75) is 31.9 Å². The third kappa shape index (κ3) is 3.75. The highest BCUT2D eigenvalue weighted by molar-refractivity contribution is 8.00. The van der Waals surface area contributed by atoms with Gasteiger partial charge in [0, 0.05) is 41.3 Å². The molecular weight excluding hydrogens is 288 g/mol. The van der Waals surface area contributed by atoms with Crippen LogP contribution in [0.25, 0.3) is 0 Å². The first kappa shape index (κ1) is 15.8. The van der Waals surface area contributed by atoms with Crippen LogP contribution < -0.4 is 0 Å². The molecule has 5 nitrogen and oxygen atoms in total. The van der Waals surface area contributed by atoms with E-state index in [1.807, 2.05) is 16.7 Å². The Hall–Kier alpha value is -1.56. The number of amides is 1. The quantitative estimate of drug-likeness (QED) is 0.621.